The maximum atomic E-state index is 13.2. The number of ether oxygens (including phenoxy) is 1. The highest BCUT2D eigenvalue weighted by molar-refractivity contribution is 9.10. The number of tetrazole rings is 1. The van der Waals surface area contributed by atoms with Crippen LogP contribution in [0, 0.1) is 13.8 Å². The van der Waals surface area contributed by atoms with Crippen LogP contribution in [0.2, 0.25) is 0 Å². The van der Waals surface area contributed by atoms with Gasteiger partial charge >= 0.3 is 5.97 Å². The molecular formula is C20H22BrN5O4. The number of carbonyl (C=O) groups excluding carboxylic acids is 2. The lowest BCUT2D eigenvalue weighted by atomic mass is 9.97. The molecule has 1 aromatic carbocycles. The van der Waals surface area contributed by atoms with Crippen LogP contribution >= 0.6 is 15.9 Å². The first-order valence-corrected chi connectivity index (χ1v) is 10.1. The third-order valence-corrected chi connectivity index (χ3v) is 5.49. The lowest BCUT2D eigenvalue weighted by Gasteiger charge is -2.08. The van der Waals surface area contributed by atoms with Crippen molar-refractivity contribution in [2.45, 2.75) is 40.3 Å². The van der Waals surface area contributed by atoms with E-state index in [9.17, 15) is 14.7 Å². The summed E-state index contributed by atoms with van der Waals surface area (Å²) in [6, 6.07) is 5.38. The summed E-state index contributed by atoms with van der Waals surface area (Å²) in [4.78, 5) is 28.5. The van der Waals surface area contributed by atoms with E-state index in [0.717, 1.165) is 10.0 Å². The van der Waals surface area contributed by atoms with Gasteiger partial charge in [0.05, 0.1) is 24.0 Å². The van der Waals surface area contributed by atoms with Gasteiger partial charge in [0.1, 0.15) is 6.61 Å². The van der Waals surface area contributed by atoms with E-state index in [-0.39, 0.29) is 30.7 Å². The van der Waals surface area contributed by atoms with Crippen LogP contribution in [0.4, 0.5) is 0 Å². The van der Waals surface area contributed by atoms with Crippen LogP contribution in [-0.2, 0) is 16.1 Å². The van der Waals surface area contributed by atoms with Gasteiger partial charge in [0.2, 0.25) is 5.82 Å². The zero-order valence-corrected chi connectivity index (χ0v) is 18.6. The topological polar surface area (TPSA) is 123 Å². The maximum absolute atomic E-state index is 13.2. The molecular weight excluding hydrogens is 454 g/mol. The van der Waals surface area contributed by atoms with Crippen LogP contribution in [-0.4, -0.2) is 48.7 Å². The van der Waals surface area contributed by atoms with Gasteiger partial charge in [-0.15, -0.1) is 10.2 Å². The van der Waals surface area contributed by atoms with Gasteiger partial charge in [-0.3, -0.25) is 9.59 Å². The van der Waals surface area contributed by atoms with Crippen LogP contribution < -0.4 is 0 Å². The van der Waals surface area contributed by atoms with Crippen molar-refractivity contribution < 1.29 is 19.4 Å². The molecule has 0 saturated heterocycles. The van der Waals surface area contributed by atoms with Gasteiger partial charge in [0.25, 0.3) is 0 Å². The van der Waals surface area contributed by atoms with Gasteiger partial charge in [-0.25, -0.2) is 0 Å². The SMILES string of the molecule is CC(=O)OCCn1nnc(-c2[nH]c(C(C)O)c(C(=O)c3ccc(C)c(Br)c3)c2C)n1. The van der Waals surface area contributed by atoms with Crippen molar-refractivity contribution in [2.75, 3.05) is 6.61 Å². The number of aliphatic hydroxyl groups is 1. The Morgan fingerprint density at radius 2 is 2.07 bits per heavy atom. The summed E-state index contributed by atoms with van der Waals surface area (Å²) < 4.78 is 5.71. The molecule has 30 heavy (non-hydrogen) atoms. The van der Waals surface area contributed by atoms with Crippen molar-refractivity contribution in [3.8, 4) is 11.5 Å². The summed E-state index contributed by atoms with van der Waals surface area (Å²) >= 11 is 3.46. The minimum Gasteiger partial charge on any atom is -0.464 e. The molecule has 2 heterocycles. The number of ketones is 1. The summed E-state index contributed by atoms with van der Waals surface area (Å²) in [6.07, 6.45) is -0.899. The number of halogens is 1. The van der Waals surface area contributed by atoms with Crippen molar-refractivity contribution >= 4 is 27.7 Å². The third-order valence-electron chi connectivity index (χ3n) is 4.63. The lowest BCUT2D eigenvalue weighted by Crippen LogP contribution is -2.11. The van der Waals surface area contributed by atoms with Gasteiger partial charge in [-0.05, 0) is 43.2 Å². The van der Waals surface area contributed by atoms with E-state index in [4.69, 9.17) is 4.74 Å². The summed E-state index contributed by atoms with van der Waals surface area (Å²) in [7, 11) is 0. The fourth-order valence-corrected chi connectivity index (χ4v) is 3.41. The zero-order valence-electron chi connectivity index (χ0n) is 17.1. The number of hydrogen-bond donors (Lipinski definition) is 2. The molecule has 3 aromatic rings. The number of aromatic amines is 1. The molecule has 2 N–H and O–H groups in total. The molecule has 0 aliphatic heterocycles. The van der Waals surface area contributed by atoms with E-state index >= 15 is 0 Å². The number of aryl methyl sites for hydroxylation is 1. The Morgan fingerprint density at radius 3 is 2.70 bits per heavy atom. The van der Waals surface area contributed by atoms with Crippen LogP contribution in [0.15, 0.2) is 22.7 Å². The number of benzene rings is 1. The van der Waals surface area contributed by atoms with Crippen LogP contribution in [0.5, 0.6) is 0 Å². The summed E-state index contributed by atoms with van der Waals surface area (Å²) in [5.74, 6) is -0.321. The van der Waals surface area contributed by atoms with Crippen molar-refractivity contribution in [2.24, 2.45) is 0 Å². The zero-order chi connectivity index (χ0) is 22.0. The Bertz CT molecular complexity index is 1100. The second-order valence-corrected chi connectivity index (χ2v) is 7.79. The van der Waals surface area contributed by atoms with Crippen molar-refractivity contribution in [3.63, 3.8) is 0 Å². The molecule has 0 bridgehead atoms. The summed E-state index contributed by atoms with van der Waals surface area (Å²) in [5.41, 5.74) is 3.41. The minimum atomic E-state index is -0.899. The summed E-state index contributed by atoms with van der Waals surface area (Å²) in [6.45, 7) is 6.99. The number of nitrogens with one attached hydrogen (secondary N) is 1. The van der Waals surface area contributed by atoms with Crippen molar-refractivity contribution in [1.29, 1.82) is 0 Å². The molecule has 0 aliphatic carbocycles. The Morgan fingerprint density at radius 1 is 1.33 bits per heavy atom. The van der Waals surface area contributed by atoms with E-state index in [0.29, 0.717) is 28.1 Å². The number of aromatic nitrogens is 5. The molecule has 3 rings (SSSR count). The number of carbonyl (C=O) groups is 2. The highest BCUT2D eigenvalue weighted by atomic mass is 79.9. The summed E-state index contributed by atoms with van der Waals surface area (Å²) in [5, 5.41) is 22.5. The molecule has 10 heteroatoms. The lowest BCUT2D eigenvalue weighted by molar-refractivity contribution is -0.141. The number of nitrogens with zero attached hydrogens (tertiary/aromatic N) is 4. The largest absolute Gasteiger partial charge is 0.464 e. The van der Waals surface area contributed by atoms with Gasteiger partial charge in [-0.2, -0.15) is 4.80 Å². The average Bonchev–Trinajstić information content (AvgIpc) is 3.27. The van der Waals surface area contributed by atoms with Gasteiger partial charge in [0.15, 0.2) is 5.78 Å². The molecule has 0 fully saturated rings. The number of rotatable bonds is 7. The fraction of sp³-hybridized carbons (Fsp3) is 0.350. The molecule has 1 unspecified atom stereocenters. The second-order valence-electron chi connectivity index (χ2n) is 6.93. The first kappa shape index (κ1) is 21.8. The van der Waals surface area contributed by atoms with E-state index in [1.807, 2.05) is 13.0 Å². The number of H-pyrrole nitrogens is 1. The van der Waals surface area contributed by atoms with Crippen molar-refractivity contribution in [1.82, 2.24) is 25.2 Å². The van der Waals surface area contributed by atoms with E-state index in [1.54, 1.807) is 26.0 Å². The maximum Gasteiger partial charge on any atom is 0.302 e. The third kappa shape index (κ3) is 4.49. The average molecular weight is 476 g/mol. The molecule has 1 atom stereocenters. The number of esters is 1. The number of hydrogen-bond acceptors (Lipinski definition) is 7. The van der Waals surface area contributed by atoms with Gasteiger partial charge < -0.3 is 14.8 Å². The van der Waals surface area contributed by atoms with E-state index in [2.05, 4.69) is 36.3 Å². The first-order chi connectivity index (χ1) is 14.2. The smallest absolute Gasteiger partial charge is 0.302 e. The monoisotopic (exact) mass is 475 g/mol. The molecule has 9 nitrogen and oxygen atoms in total. The Balaban J connectivity index is 1.97. The first-order valence-electron chi connectivity index (χ1n) is 9.32. The molecule has 0 saturated carbocycles. The highest BCUT2D eigenvalue weighted by Gasteiger charge is 2.26. The second kappa shape index (κ2) is 8.88. The quantitative estimate of drug-likeness (QED) is 0.397. The standard InChI is InChI=1S/C20H22BrN5O4/c1-10-5-6-14(9-15(10)21)19(29)16-11(2)17(22-18(16)12(3)27)20-23-25-26(24-20)7-8-30-13(4)28/h5-6,9,12,22,27H,7-8H2,1-4H3. The molecule has 0 radical (unpaired) electrons. The predicted molar refractivity (Wildman–Crippen MR) is 112 cm³/mol. The van der Waals surface area contributed by atoms with E-state index < -0.39 is 6.10 Å². The Hall–Kier alpha value is -2.85. The number of aliphatic hydroxyl groups excluding tert-OH is 1. The molecule has 158 valence electrons. The van der Waals surface area contributed by atoms with Gasteiger partial charge in [0, 0.05) is 22.5 Å². The normalized spacial score (nSPS) is 12.1. The molecule has 0 spiro atoms. The van der Waals surface area contributed by atoms with Crippen LogP contribution in [0.25, 0.3) is 11.5 Å². The van der Waals surface area contributed by atoms with E-state index in [1.165, 1.54) is 11.7 Å². The van der Waals surface area contributed by atoms with Crippen LogP contribution in [0.3, 0.4) is 0 Å². The minimum absolute atomic E-state index is 0.125. The molecule has 2 aromatic heterocycles. The van der Waals surface area contributed by atoms with Gasteiger partial charge in [-0.1, -0.05) is 28.1 Å². The fourth-order valence-electron chi connectivity index (χ4n) is 3.03. The van der Waals surface area contributed by atoms with Crippen molar-refractivity contribution in [3.05, 3.63) is 50.6 Å². The predicted octanol–water partition coefficient (Wildman–Crippen LogP) is 2.89. The molecule has 0 amide bonds. The Kier molecular flexibility index (Phi) is 6.47. The van der Waals surface area contributed by atoms with Crippen LogP contribution in [0.1, 0.15) is 52.7 Å². The highest BCUT2D eigenvalue weighted by Crippen LogP contribution is 2.31. The molecule has 0 aliphatic rings. The Labute approximate surface area is 181 Å².